The molecule has 2 aromatic heterocycles. The number of thiazole rings is 1. The van der Waals surface area contributed by atoms with E-state index in [2.05, 4.69) is 41.2 Å². The van der Waals surface area contributed by atoms with E-state index in [9.17, 15) is 4.79 Å². The van der Waals surface area contributed by atoms with Crippen molar-refractivity contribution in [1.29, 1.82) is 0 Å². The highest BCUT2D eigenvalue weighted by Gasteiger charge is 2.13. The van der Waals surface area contributed by atoms with Crippen LogP contribution >= 0.6 is 11.3 Å². The van der Waals surface area contributed by atoms with E-state index >= 15 is 0 Å². The van der Waals surface area contributed by atoms with Crippen LogP contribution in [0.25, 0.3) is 11.4 Å². The first-order valence-electron chi connectivity index (χ1n) is 8.73. The second-order valence-corrected chi connectivity index (χ2v) is 7.52. The molecule has 0 atom stereocenters. The predicted octanol–water partition coefficient (Wildman–Crippen LogP) is 3.78. The van der Waals surface area contributed by atoms with Crippen molar-refractivity contribution >= 4 is 17.2 Å². The molecule has 0 unspecified atom stereocenters. The Kier molecular flexibility index (Phi) is 5.46. The van der Waals surface area contributed by atoms with E-state index in [0.717, 1.165) is 33.4 Å². The van der Waals surface area contributed by atoms with Gasteiger partial charge < -0.3 is 5.32 Å². The van der Waals surface area contributed by atoms with E-state index in [-0.39, 0.29) is 11.9 Å². The van der Waals surface area contributed by atoms with Crippen LogP contribution in [0.4, 0.5) is 0 Å². The minimum atomic E-state index is -0.103. The second kappa shape index (κ2) is 7.78. The van der Waals surface area contributed by atoms with Crippen LogP contribution in [-0.4, -0.2) is 25.7 Å². The topological polar surface area (TPSA) is 72.7 Å². The number of aromatic nitrogens is 4. The first kappa shape index (κ1) is 18.3. The highest BCUT2D eigenvalue weighted by atomic mass is 32.1. The van der Waals surface area contributed by atoms with Gasteiger partial charge >= 0.3 is 0 Å². The van der Waals surface area contributed by atoms with Gasteiger partial charge in [-0.05, 0) is 39.3 Å². The second-order valence-electron chi connectivity index (χ2n) is 6.36. The number of carbonyl (C=O) groups excluding carboxylic acids is 1. The van der Waals surface area contributed by atoms with E-state index in [1.807, 2.05) is 35.9 Å². The van der Waals surface area contributed by atoms with Crippen molar-refractivity contribution in [3.8, 4) is 11.4 Å². The lowest BCUT2D eigenvalue weighted by molar-refractivity contribution is 0.0951. The maximum atomic E-state index is 12.6. The highest BCUT2D eigenvalue weighted by molar-refractivity contribution is 7.11. The summed E-state index contributed by atoms with van der Waals surface area (Å²) in [5.74, 6) is 0.661. The molecule has 0 aliphatic rings. The maximum Gasteiger partial charge on any atom is 0.251 e. The molecule has 0 fully saturated rings. The minimum Gasteiger partial charge on any atom is -0.347 e. The molecule has 1 aromatic carbocycles. The van der Waals surface area contributed by atoms with E-state index in [1.54, 1.807) is 17.7 Å². The molecule has 0 spiro atoms. The Morgan fingerprint density at radius 2 is 2.15 bits per heavy atom. The van der Waals surface area contributed by atoms with Crippen LogP contribution in [0, 0.1) is 6.92 Å². The summed E-state index contributed by atoms with van der Waals surface area (Å²) in [5.41, 5.74) is 2.48. The standard InChI is InChI=1S/C19H23N5OS/c1-5-17-23-13(4)16(26-17)10-20-19(25)15-8-6-7-14(9-15)18-21-11-22-24(18)12(2)3/h6-9,11-12H,5,10H2,1-4H3,(H,20,25). The summed E-state index contributed by atoms with van der Waals surface area (Å²) in [6.45, 7) is 8.67. The van der Waals surface area contributed by atoms with E-state index in [1.165, 1.54) is 0 Å². The van der Waals surface area contributed by atoms with Crippen molar-refractivity contribution in [2.45, 2.75) is 46.7 Å². The first-order valence-corrected chi connectivity index (χ1v) is 9.54. The Hall–Kier alpha value is -2.54. The smallest absolute Gasteiger partial charge is 0.251 e. The normalized spacial score (nSPS) is 11.1. The summed E-state index contributed by atoms with van der Waals surface area (Å²) in [6.07, 6.45) is 2.46. The summed E-state index contributed by atoms with van der Waals surface area (Å²) < 4.78 is 1.85. The lowest BCUT2D eigenvalue weighted by atomic mass is 10.1. The van der Waals surface area contributed by atoms with Crippen LogP contribution in [-0.2, 0) is 13.0 Å². The third kappa shape index (κ3) is 3.83. The average Bonchev–Trinajstić information content (AvgIpc) is 3.26. The molecule has 26 heavy (non-hydrogen) atoms. The predicted molar refractivity (Wildman–Crippen MR) is 103 cm³/mol. The molecule has 136 valence electrons. The van der Waals surface area contributed by atoms with Gasteiger partial charge in [0.15, 0.2) is 5.82 Å². The van der Waals surface area contributed by atoms with Crippen molar-refractivity contribution in [3.63, 3.8) is 0 Å². The Balaban J connectivity index is 1.76. The number of rotatable bonds is 6. The number of benzene rings is 1. The number of nitrogens with one attached hydrogen (secondary N) is 1. The summed E-state index contributed by atoms with van der Waals surface area (Å²) in [5, 5.41) is 8.35. The Morgan fingerprint density at radius 3 is 2.85 bits per heavy atom. The van der Waals surface area contributed by atoms with Gasteiger partial charge in [0, 0.05) is 22.0 Å². The van der Waals surface area contributed by atoms with Crippen LogP contribution in [0.15, 0.2) is 30.6 Å². The molecule has 0 aliphatic heterocycles. The number of amides is 1. The van der Waals surface area contributed by atoms with Gasteiger partial charge in [0.05, 0.1) is 17.2 Å². The summed E-state index contributed by atoms with van der Waals surface area (Å²) >= 11 is 1.66. The molecule has 0 saturated carbocycles. The highest BCUT2D eigenvalue weighted by Crippen LogP contribution is 2.21. The molecule has 0 aliphatic carbocycles. The van der Waals surface area contributed by atoms with Gasteiger partial charge in [-0.25, -0.2) is 14.6 Å². The fourth-order valence-electron chi connectivity index (χ4n) is 2.70. The molecule has 3 aromatic rings. The van der Waals surface area contributed by atoms with Crippen LogP contribution < -0.4 is 5.32 Å². The van der Waals surface area contributed by atoms with Crippen LogP contribution in [0.2, 0.25) is 0 Å². The van der Waals surface area contributed by atoms with Crippen LogP contribution in [0.5, 0.6) is 0 Å². The third-order valence-corrected chi connectivity index (χ3v) is 5.40. The van der Waals surface area contributed by atoms with Gasteiger partial charge in [0.25, 0.3) is 5.91 Å². The Morgan fingerprint density at radius 1 is 1.35 bits per heavy atom. The van der Waals surface area contributed by atoms with Crippen molar-refractivity contribution < 1.29 is 4.79 Å². The molecule has 6 nitrogen and oxygen atoms in total. The molecular weight excluding hydrogens is 346 g/mol. The number of carbonyl (C=O) groups is 1. The maximum absolute atomic E-state index is 12.6. The Bertz CT molecular complexity index is 912. The molecule has 0 bridgehead atoms. The zero-order valence-electron chi connectivity index (χ0n) is 15.5. The minimum absolute atomic E-state index is 0.103. The van der Waals surface area contributed by atoms with Crippen molar-refractivity contribution in [1.82, 2.24) is 25.1 Å². The zero-order valence-corrected chi connectivity index (χ0v) is 16.3. The molecule has 7 heteroatoms. The van der Waals surface area contributed by atoms with Gasteiger partial charge in [0.1, 0.15) is 6.33 Å². The largest absolute Gasteiger partial charge is 0.347 e. The molecule has 0 saturated heterocycles. The van der Waals surface area contributed by atoms with Gasteiger partial charge in [0.2, 0.25) is 0 Å². The summed E-state index contributed by atoms with van der Waals surface area (Å²) in [6, 6.07) is 7.69. The summed E-state index contributed by atoms with van der Waals surface area (Å²) in [4.78, 5) is 22.5. The molecule has 1 N–H and O–H groups in total. The molecular formula is C19H23N5OS. The van der Waals surface area contributed by atoms with Crippen LogP contribution in [0.1, 0.15) is 52.7 Å². The van der Waals surface area contributed by atoms with Gasteiger partial charge in [-0.3, -0.25) is 4.79 Å². The molecule has 0 radical (unpaired) electrons. The first-order chi connectivity index (χ1) is 12.5. The van der Waals surface area contributed by atoms with E-state index < -0.39 is 0 Å². The SMILES string of the molecule is CCc1nc(C)c(CNC(=O)c2cccc(-c3ncnn3C(C)C)c2)s1. The van der Waals surface area contributed by atoms with Crippen LogP contribution in [0.3, 0.4) is 0 Å². The Labute approximate surface area is 157 Å². The zero-order chi connectivity index (χ0) is 18.7. The average molecular weight is 369 g/mol. The fourth-order valence-corrected chi connectivity index (χ4v) is 3.65. The summed E-state index contributed by atoms with van der Waals surface area (Å²) in [7, 11) is 0. The molecule has 3 rings (SSSR count). The van der Waals surface area contributed by atoms with E-state index in [0.29, 0.717) is 12.1 Å². The van der Waals surface area contributed by atoms with Crippen molar-refractivity contribution in [3.05, 3.63) is 51.7 Å². The van der Waals surface area contributed by atoms with Crippen molar-refractivity contribution in [2.24, 2.45) is 0 Å². The third-order valence-electron chi connectivity index (χ3n) is 4.09. The number of hydrogen-bond acceptors (Lipinski definition) is 5. The monoisotopic (exact) mass is 369 g/mol. The lowest BCUT2D eigenvalue weighted by Gasteiger charge is -2.10. The van der Waals surface area contributed by atoms with Crippen molar-refractivity contribution in [2.75, 3.05) is 0 Å². The van der Waals surface area contributed by atoms with E-state index in [4.69, 9.17) is 0 Å². The van der Waals surface area contributed by atoms with Gasteiger partial charge in [-0.1, -0.05) is 19.1 Å². The van der Waals surface area contributed by atoms with Gasteiger partial charge in [-0.2, -0.15) is 5.10 Å². The quantitative estimate of drug-likeness (QED) is 0.718. The number of hydrogen-bond donors (Lipinski definition) is 1. The lowest BCUT2D eigenvalue weighted by Crippen LogP contribution is -2.22. The number of nitrogens with zero attached hydrogens (tertiary/aromatic N) is 4. The fraction of sp³-hybridized carbons (Fsp3) is 0.368. The van der Waals surface area contributed by atoms with Gasteiger partial charge in [-0.15, -0.1) is 11.3 Å². The number of aryl methyl sites for hydroxylation is 2. The molecule has 1 amide bonds. The molecule has 2 heterocycles.